The SMILES string of the molecule is NCC(Cc1c[nH]c2ccccc12)C(=O)O. The van der Waals surface area contributed by atoms with Gasteiger partial charge < -0.3 is 15.8 Å². The summed E-state index contributed by atoms with van der Waals surface area (Å²) in [6, 6.07) is 7.84. The van der Waals surface area contributed by atoms with Gasteiger partial charge in [0.15, 0.2) is 0 Å². The third-order valence-corrected chi connectivity index (χ3v) is 2.77. The molecule has 0 aliphatic carbocycles. The number of para-hydroxylation sites is 1. The van der Waals surface area contributed by atoms with E-state index in [1.165, 1.54) is 0 Å². The van der Waals surface area contributed by atoms with Gasteiger partial charge in [0.1, 0.15) is 0 Å². The standard InChI is InChI=1S/C12H14N2O2/c13-6-8(12(15)16)5-9-7-14-11-4-2-1-3-10(9)11/h1-4,7-8,14H,5-6,13H2,(H,15,16). The average molecular weight is 218 g/mol. The maximum absolute atomic E-state index is 10.9. The zero-order valence-corrected chi connectivity index (χ0v) is 8.81. The minimum absolute atomic E-state index is 0.162. The Labute approximate surface area is 93.1 Å². The molecule has 0 aliphatic heterocycles. The number of fused-ring (bicyclic) bond motifs is 1. The van der Waals surface area contributed by atoms with Gasteiger partial charge in [0.05, 0.1) is 5.92 Å². The first-order valence-corrected chi connectivity index (χ1v) is 5.20. The molecule has 1 aromatic carbocycles. The smallest absolute Gasteiger partial charge is 0.308 e. The molecular weight excluding hydrogens is 204 g/mol. The van der Waals surface area contributed by atoms with Crippen molar-refractivity contribution in [3.05, 3.63) is 36.0 Å². The predicted octanol–water partition coefficient (Wildman–Crippen LogP) is 1.37. The van der Waals surface area contributed by atoms with Crippen LogP contribution in [-0.4, -0.2) is 22.6 Å². The number of carboxylic acid groups (broad SMARTS) is 1. The molecule has 0 fully saturated rings. The van der Waals surface area contributed by atoms with E-state index in [9.17, 15) is 4.79 Å². The van der Waals surface area contributed by atoms with Gasteiger partial charge in [0.25, 0.3) is 0 Å². The van der Waals surface area contributed by atoms with E-state index in [4.69, 9.17) is 10.8 Å². The Morgan fingerprint density at radius 2 is 2.19 bits per heavy atom. The Morgan fingerprint density at radius 3 is 2.88 bits per heavy atom. The maximum Gasteiger partial charge on any atom is 0.308 e. The lowest BCUT2D eigenvalue weighted by Gasteiger charge is -2.08. The number of aromatic nitrogens is 1. The zero-order valence-electron chi connectivity index (χ0n) is 8.81. The van der Waals surface area contributed by atoms with Gasteiger partial charge in [-0.2, -0.15) is 0 Å². The van der Waals surface area contributed by atoms with Gasteiger partial charge in [-0.15, -0.1) is 0 Å². The third-order valence-electron chi connectivity index (χ3n) is 2.77. The van der Waals surface area contributed by atoms with Gasteiger partial charge in [-0.1, -0.05) is 18.2 Å². The number of benzene rings is 1. The van der Waals surface area contributed by atoms with Crippen LogP contribution in [0.25, 0.3) is 10.9 Å². The second kappa shape index (κ2) is 4.37. The number of aliphatic carboxylic acids is 1. The van der Waals surface area contributed by atoms with Gasteiger partial charge in [-0.25, -0.2) is 0 Å². The summed E-state index contributed by atoms with van der Waals surface area (Å²) in [5, 5.41) is 10.0. The highest BCUT2D eigenvalue weighted by Crippen LogP contribution is 2.20. The van der Waals surface area contributed by atoms with Crippen LogP contribution in [0.3, 0.4) is 0 Å². The molecule has 0 spiro atoms. The molecule has 0 aliphatic rings. The van der Waals surface area contributed by atoms with Crippen molar-refractivity contribution >= 4 is 16.9 Å². The summed E-state index contributed by atoms with van der Waals surface area (Å²) in [6.45, 7) is 0.162. The fourth-order valence-corrected chi connectivity index (χ4v) is 1.84. The van der Waals surface area contributed by atoms with Gasteiger partial charge in [0, 0.05) is 23.6 Å². The number of H-pyrrole nitrogens is 1. The topological polar surface area (TPSA) is 79.1 Å². The van der Waals surface area contributed by atoms with Crippen molar-refractivity contribution in [2.45, 2.75) is 6.42 Å². The number of nitrogens with two attached hydrogens (primary N) is 1. The van der Waals surface area contributed by atoms with Crippen LogP contribution in [-0.2, 0) is 11.2 Å². The van der Waals surface area contributed by atoms with Crippen molar-refractivity contribution in [1.29, 1.82) is 0 Å². The summed E-state index contributed by atoms with van der Waals surface area (Å²) in [4.78, 5) is 14.0. The van der Waals surface area contributed by atoms with E-state index in [1.807, 2.05) is 30.5 Å². The lowest BCUT2D eigenvalue weighted by molar-refractivity contribution is -0.141. The van der Waals surface area contributed by atoms with Crippen LogP contribution < -0.4 is 5.73 Å². The fourth-order valence-electron chi connectivity index (χ4n) is 1.84. The highest BCUT2D eigenvalue weighted by molar-refractivity contribution is 5.83. The Hall–Kier alpha value is -1.81. The van der Waals surface area contributed by atoms with Crippen molar-refractivity contribution in [3.8, 4) is 0 Å². The molecular formula is C12H14N2O2. The van der Waals surface area contributed by atoms with E-state index < -0.39 is 11.9 Å². The van der Waals surface area contributed by atoms with Gasteiger partial charge in [-0.05, 0) is 18.1 Å². The lowest BCUT2D eigenvalue weighted by Crippen LogP contribution is -2.25. The first-order valence-electron chi connectivity index (χ1n) is 5.20. The lowest BCUT2D eigenvalue weighted by atomic mass is 9.99. The first-order chi connectivity index (χ1) is 7.72. The number of carboxylic acids is 1. The molecule has 4 N–H and O–H groups in total. The molecule has 16 heavy (non-hydrogen) atoms. The van der Waals surface area contributed by atoms with Crippen LogP contribution in [0.2, 0.25) is 0 Å². The number of rotatable bonds is 4. The van der Waals surface area contributed by atoms with Crippen LogP contribution in [0.15, 0.2) is 30.5 Å². The quantitative estimate of drug-likeness (QED) is 0.725. The molecule has 1 atom stereocenters. The first kappa shape index (κ1) is 10.7. The molecule has 4 heteroatoms. The highest BCUT2D eigenvalue weighted by Gasteiger charge is 2.17. The third kappa shape index (κ3) is 1.92. The molecule has 1 unspecified atom stereocenters. The van der Waals surface area contributed by atoms with Crippen LogP contribution in [0.4, 0.5) is 0 Å². The summed E-state index contributed by atoms with van der Waals surface area (Å²) in [5.74, 6) is -1.35. The second-order valence-electron chi connectivity index (χ2n) is 3.83. The molecule has 0 bridgehead atoms. The van der Waals surface area contributed by atoms with Crippen molar-refractivity contribution in [2.24, 2.45) is 11.7 Å². The molecule has 4 nitrogen and oxygen atoms in total. The van der Waals surface area contributed by atoms with E-state index in [2.05, 4.69) is 4.98 Å². The minimum Gasteiger partial charge on any atom is -0.481 e. The Bertz CT molecular complexity index is 504. The fraction of sp³-hybridized carbons (Fsp3) is 0.250. The summed E-state index contributed by atoms with van der Waals surface area (Å²) in [7, 11) is 0. The number of hydrogen-bond acceptors (Lipinski definition) is 2. The molecule has 1 aromatic heterocycles. The molecule has 0 saturated carbocycles. The molecule has 0 saturated heterocycles. The van der Waals surface area contributed by atoms with Gasteiger partial charge in [-0.3, -0.25) is 4.79 Å². The molecule has 0 amide bonds. The predicted molar refractivity (Wildman–Crippen MR) is 62.2 cm³/mol. The summed E-state index contributed by atoms with van der Waals surface area (Å²) in [5.41, 5.74) is 7.48. The monoisotopic (exact) mass is 218 g/mol. The van der Waals surface area contributed by atoms with Crippen LogP contribution in [0.5, 0.6) is 0 Å². The maximum atomic E-state index is 10.9. The molecule has 2 rings (SSSR count). The zero-order chi connectivity index (χ0) is 11.5. The number of carbonyl (C=O) groups is 1. The summed E-state index contributed by atoms with van der Waals surface area (Å²) < 4.78 is 0. The van der Waals surface area contributed by atoms with Gasteiger partial charge in [0.2, 0.25) is 0 Å². The molecule has 84 valence electrons. The summed E-state index contributed by atoms with van der Waals surface area (Å²) >= 11 is 0. The second-order valence-corrected chi connectivity index (χ2v) is 3.83. The average Bonchev–Trinajstić information content (AvgIpc) is 2.69. The number of nitrogens with one attached hydrogen (secondary N) is 1. The molecule has 0 radical (unpaired) electrons. The van der Waals surface area contributed by atoms with Crippen LogP contribution in [0, 0.1) is 5.92 Å². The van der Waals surface area contributed by atoms with Crippen molar-refractivity contribution in [3.63, 3.8) is 0 Å². The van der Waals surface area contributed by atoms with E-state index in [1.54, 1.807) is 0 Å². The Kier molecular flexibility index (Phi) is 2.92. The van der Waals surface area contributed by atoms with E-state index in [0.29, 0.717) is 6.42 Å². The number of aromatic amines is 1. The van der Waals surface area contributed by atoms with Crippen molar-refractivity contribution in [1.82, 2.24) is 4.98 Å². The van der Waals surface area contributed by atoms with E-state index in [-0.39, 0.29) is 6.54 Å². The van der Waals surface area contributed by atoms with Gasteiger partial charge >= 0.3 is 5.97 Å². The Morgan fingerprint density at radius 1 is 1.44 bits per heavy atom. The number of hydrogen-bond donors (Lipinski definition) is 3. The highest BCUT2D eigenvalue weighted by atomic mass is 16.4. The normalized spacial score (nSPS) is 12.8. The van der Waals surface area contributed by atoms with E-state index in [0.717, 1.165) is 16.5 Å². The van der Waals surface area contributed by atoms with Crippen LogP contribution in [0.1, 0.15) is 5.56 Å². The summed E-state index contributed by atoms with van der Waals surface area (Å²) in [6.07, 6.45) is 2.33. The minimum atomic E-state index is -0.840. The van der Waals surface area contributed by atoms with Crippen molar-refractivity contribution < 1.29 is 9.90 Å². The Balaban J connectivity index is 2.30. The largest absolute Gasteiger partial charge is 0.481 e. The molecule has 1 heterocycles. The molecule has 2 aromatic rings. The van der Waals surface area contributed by atoms with E-state index >= 15 is 0 Å². The van der Waals surface area contributed by atoms with Crippen LogP contribution >= 0.6 is 0 Å². The van der Waals surface area contributed by atoms with Crippen molar-refractivity contribution in [2.75, 3.05) is 6.54 Å².